The molecular weight excluding hydrogens is 268 g/mol. The van der Waals surface area contributed by atoms with Gasteiger partial charge in [-0.15, -0.1) is 0 Å². The monoisotopic (exact) mass is 282 g/mol. The van der Waals surface area contributed by atoms with Crippen molar-refractivity contribution in [1.29, 1.82) is 0 Å². The summed E-state index contributed by atoms with van der Waals surface area (Å²) in [6.07, 6.45) is 4.97. The van der Waals surface area contributed by atoms with Crippen molar-refractivity contribution >= 4 is 11.6 Å². The maximum Gasteiger partial charge on any atom is 0.271 e. The van der Waals surface area contributed by atoms with E-state index in [2.05, 4.69) is 20.6 Å². The molecule has 0 unspecified atom stereocenters. The fourth-order valence-corrected chi connectivity index (χ4v) is 2.04. The molecule has 1 aromatic carbocycles. The second kappa shape index (κ2) is 5.49. The lowest BCUT2D eigenvalue weighted by Crippen LogP contribution is -2.24. The molecule has 1 amide bonds. The Balaban J connectivity index is 1.77. The molecule has 0 aliphatic rings. The normalized spacial score (nSPS) is 10.5. The van der Waals surface area contributed by atoms with Gasteiger partial charge in [-0.05, 0) is 17.7 Å². The topological polar surface area (TPSA) is 102 Å². The van der Waals surface area contributed by atoms with Crippen LogP contribution in [0.4, 0.5) is 5.69 Å². The van der Waals surface area contributed by atoms with Gasteiger partial charge in [-0.2, -0.15) is 10.2 Å². The van der Waals surface area contributed by atoms with Gasteiger partial charge in [0, 0.05) is 18.9 Å². The Morgan fingerprint density at radius 1 is 1.33 bits per heavy atom. The summed E-state index contributed by atoms with van der Waals surface area (Å²) in [5.74, 6) is -0.291. The quantitative estimate of drug-likeness (QED) is 0.667. The van der Waals surface area contributed by atoms with Crippen molar-refractivity contribution in [3.8, 4) is 5.69 Å². The molecule has 2 heterocycles. The first-order chi connectivity index (χ1) is 10.3. The maximum atomic E-state index is 12.0. The standard InChI is InChI=1S/C14H14N6O/c15-11-9-17-19-13(11)14(21)16-8-10-4-1-2-5-12(10)20-7-3-6-18-20/h1-7,9H,8,15H2,(H,16,21)(H,17,19). The van der Waals surface area contributed by atoms with E-state index in [-0.39, 0.29) is 11.6 Å². The van der Waals surface area contributed by atoms with Gasteiger partial charge in [0.05, 0.1) is 17.6 Å². The van der Waals surface area contributed by atoms with E-state index < -0.39 is 0 Å². The summed E-state index contributed by atoms with van der Waals surface area (Å²) >= 11 is 0. The van der Waals surface area contributed by atoms with Crippen LogP contribution in [-0.2, 0) is 6.54 Å². The minimum Gasteiger partial charge on any atom is -0.396 e. The fraction of sp³-hybridized carbons (Fsp3) is 0.0714. The average molecular weight is 282 g/mol. The first-order valence-corrected chi connectivity index (χ1v) is 6.40. The number of para-hydroxylation sites is 1. The van der Waals surface area contributed by atoms with Gasteiger partial charge in [0.25, 0.3) is 5.91 Å². The van der Waals surface area contributed by atoms with Crippen molar-refractivity contribution < 1.29 is 4.79 Å². The SMILES string of the molecule is Nc1cn[nH]c1C(=O)NCc1ccccc1-n1cccn1. The van der Waals surface area contributed by atoms with Gasteiger partial charge in [0.15, 0.2) is 0 Å². The molecule has 0 aliphatic carbocycles. The Morgan fingerprint density at radius 3 is 2.90 bits per heavy atom. The van der Waals surface area contributed by atoms with Crippen LogP contribution in [0.1, 0.15) is 16.1 Å². The third kappa shape index (κ3) is 2.62. The Labute approximate surface area is 120 Å². The van der Waals surface area contributed by atoms with Crippen LogP contribution >= 0.6 is 0 Å². The molecule has 0 bridgehead atoms. The highest BCUT2D eigenvalue weighted by atomic mass is 16.1. The van der Waals surface area contributed by atoms with E-state index in [1.165, 1.54) is 6.20 Å². The third-order valence-corrected chi connectivity index (χ3v) is 3.08. The zero-order chi connectivity index (χ0) is 14.7. The van der Waals surface area contributed by atoms with Crippen LogP contribution in [0.15, 0.2) is 48.9 Å². The second-order valence-electron chi connectivity index (χ2n) is 4.46. The molecular formula is C14H14N6O. The van der Waals surface area contributed by atoms with Crippen LogP contribution in [0.2, 0.25) is 0 Å². The van der Waals surface area contributed by atoms with Crippen molar-refractivity contribution in [1.82, 2.24) is 25.3 Å². The minimum absolute atomic E-state index is 0.270. The number of amides is 1. The number of hydrogen-bond donors (Lipinski definition) is 3. The number of nitrogens with one attached hydrogen (secondary N) is 2. The molecule has 0 aliphatic heterocycles. The number of aromatic amines is 1. The van der Waals surface area contributed by atoms with Gasteiger partial charge in [-0.3, -0.25) is 9.89 Å². The zero-order valence-electron chi connectivity index (χ0n) is 11.2. The summed E-state index contributed by atoms with van der Waals surface area (Å²) in [5, 5.41) is 13.3. The summed E-state index contributed by atoms with van der Waals surface area (Å²) in [6.45, 7) is 0.368. The van der Waals surface area contributed by atoms with Crippen LogP contribution in [0.3, 0.4) is 0 Å². The number of nitrogens with zero attached hydrogens (tertiary/aromatic N) is 3. The van der Waals surface area contributed by atoms with Gasteiger partial charge in [-0.25, -0.2) is 4.68 Å². The van der Waals surface area contributed by atoms with Gasteiger partial charge < -0.3 is 11.1 Å². The van der Waals surface area contributed by atoms with E-state index in [4.69, 9.17) is 5.73 Å². The lowest BCUT2D eigenvalue weighted by atomic mass is 10.1. The van der Waals surface area contributed by atoms with Gasteiger partial charge in [-0.1, -0.05) is 18.2 Å². The Bertz CT molecular complexity index is 746. The van der Waals surface area contributed by atoms with Crippen molar-refractivity contribution in [2.45, 2.75) is 6.54 Å². The van der Waals surface area contributed by atoms with Crippen molar-refractivity contribution in [3.63, 3.8) is 0 Å². The summed E-state index contributed by atoms with van der Waals surface area (Å²) in [6, 6.07) is 9.57. The highest BCUT2D eigenvalue weighted by molar-refractivity contribution is 5.96. The predicted molar refractivity (Wildman–Crippen MR) is 77.7 cm³/mol. The highest BCUT2D eigenvalue weighted by Gasteiger charge is 2.12. The largest absolute Gasteiger partial charge is 0.396 e. The summed E-state index contributed by atoms with van der Waals surface area (Å²) in [4.78, 5) is 12.0. The van der Waals surface area contributed by atoms with E-state index in [9.17, 15) is 4.79 Å². The second-order valence-corrected chi connectivity index (χ2v) is 4.46. The number of carbonyl (C=O) groups is 1. The number of hydrogen-bond acceptors (Lipinski definition) is 4. The minimum atomic E-state index is -0.291. The molecule has 21 heavy (non-hydrogen) atoms. The molecule has 0 fully saturated rings. The number of aromatic nitrogens is 4. The number of nitrogen functional groups attached to an aromatic ring is 1. The number of H-pyrrole nitrogens is 1. The number of rotatable bonds is 4. The molecule has 4 N–H and O–H groups in total. The van der Waals surface area contributed by atoms with E-state index in [1.54, 1.807) is 10.9 Å². The van der Waals surface area contributed by atoms with E-state index in [1.807, 2.05) is 36.5 Å². The predicted octanol–water partition coefficient (Wildman–Crippen LogP) is 1.11. The summed E-state index contributed by atoms with van der Waals surface area (Å²) in [7, 11) is 0. The molecule has 3 aromatic rings. The fourth-order valence-electron chi connectivity index (χ4n) is 2.04. The number of nitrogens with two attached hydrogens (primary N) is 1. The van der Waals surface area contributed by atoms with Crippen LogP contribution < -0.4 is 11.1 Å². The zero-order valence-corrected chi connectivity index (χ0v) is 11.2. The number of benzene rings is 1. The third-order valence-electron chi connectivity index (χ3n) is 3.08. The van der Waals surface area contributed by atoms with Crippen LogP contribution in [0.25, 0.3) is 5.69 Å². The van der Waals surface area contributed by atoms with Crippen LogP contribution in [-0.4, -0.2) is 25.9 Å². The Kier molecular flexibility index (Phi) is 3.38. The van der Waals surface area contributed by atoms with Crippen molar-refractivity contribution in [3.05, 3.63) is 60.2 Å². The molecule has 106 valence electrons. The molecule has 0 spiro atoms. The first kappa shape index (κ1) is 12.9. The van der Waals surface area contributed by atoms with E-state index in [0.717, 1.165) is 11.3 Å². The Hall–Kier alpha value is -3.09. The van der Waals surface area contributed by atoms with Crippen LogP contribution in [0.5, 0.6) is 0 Å². The lowest BCUT2D eigenvalue weighted by molar-refractivity contribution is 0.0947. The van der Waals surface area contributed by atoms with Crippen molar-refractivity contribution in [2.75, 3.05) is 5.73 Å². The number of anilines is 1. The smallest absolute Gasteiger partial charge is 0.271 e. The molecule has 0 radical (unpaired) electrons. The summed E-state index contributed by atoms with van der Waals surface area (Å²) < 4.78 is 1.76. The molecule has 2 aromatic heterocycles. The van der Waals surface area contributed by atoms with Gasteiger partial charge in [0.1, 0.15) is 5.69 Å². The van der Waals surface area contributed by atoms with Crippen molar-refractivity contribution in [2.24, 2.45) is 0 Å². The summed E-state index contributed by atoms with van der Waals surface area (Å²) in [5.41, 5.74) is 8.11. The maximum absolute atomic E-state index is 12.0. The average Bonchev–Trinajstić information content (AvgIpc) is 3.16. The van der Waals surface area contributed by atoms with E-state index in [0.29, 0.717) is 12.2 Å². The Morgan fingerprint density at radius 2 is 2.19 bits per heavy atom. The van der Waals surface area contributed by atoms with E-state index >= 15 is 0 Å². The molecule has 7 heteroatoms. The first-order valence-electron chi connectivity index (χ1n) is 6.40. The highest BCUT2D eigenvalue weighted by Crippen LogP contribution is 2.13. The molecule has 0 atom stereocenters. The molecule has 3 rings (SSSR count). The van der Waals surface area contributed by atoms with Crippen LogP contribution in [0, 0.1) is 0 Å². The van der Waals surface area contributed by atoms with Gasteiger partial charge in [0.2, 0.25) is 0 Å². The number of carbonyl (C=O) groups excluding carboxylic acids is 1. The van der Waals surface area contributed by atoms with Gasteiger partial charge >= 0.3 is 0 Å². The molecule has 0 saturated heterocycles. The molecule has 0 saturated carbocycles. The molecule has 7 nitrogen and oxygen atoms in total. The lowest BCUT2D eigenvalue weighted by Gasteiger charge is -2.10.